The van der Waals surface area contributed by atoms with Gasteiger partial charge in [-0.3, -0.25) is 9.48 Å². The molecule has 0 aromatic carbocycles. The summed E-state index contributed by atoms with van der Waals surface area (Å²) < 4.78 is 7.22. The van der Waals surface area contributed by atoms with Crippen LogP contribution >= 0.6 is 0 Å². The zero-order valence-electron chi connectivity index (χ0n) is 12.8. The number of fused-ring (bicyclic) bond motifs is 1. The number of hydrogen-bond donors (Lipinski definition) is 1. The number of carbonyl (C=O) groups is 1. The van der Waals surface area contributed by atoms with Gasteiger partial charge in [0.15, 0.2) is 0 Å². The number of allylic oxidation sites excluding steroid dienone is 1. The highest BCUT2D eigenvalue weighted by molar-refractivity contribution is 5.95. The Bertz CT molecular complexity index is 751. The Hall–Kier alpha value is -2.30. The molecule has 0 spiro atoms. The van der Waals surface area contributed by atoms with E-state index < -0.39 is 0 Å². The fourth-order valence-corrected chi connectivity index (χ4v) is 3.27. The molecule has 1 atom stereocenters. The van der Waals surface area contributed by atoms with E-state index >= 15 is 0 Å². The number of amides is 1. The van der Waals surface area contributed by atoms with Gasteiger partial charge in [0, 0.05) is 30.9 Å². The van der Waals surface area contributed by atoms with Crippen LogP contribution in [-0.2, 0) is 11.8 Å². The molecule has 1 aliphatic heterocycles. The average Bonchev–Trinajstić information content (AvgIpc) is 3.12. The van der Waals surface area contributed by atoms with Crippen molar-refractivity contribution >= 4 is 17.8 Å². The lowest BCUT2D eigenvalue weighted by Crippen LogP contribution is -2.24. The van der Waals surface area contributed by atoms with Crippen LogP contribution in [0.5, 0.6) is 0 Å². The van der Waals surface area contributed by atoms with E-state index in [9.17, 15) is 4.79 Å². The van der Waals surface area contributed by atoms with Crippen molar-refractivity contribution in [2.75, 3.05) is 5.32 Å². The molecule has 1 N–H and O–H groups in total. The predicted octanol–water partition coefficient (Wildman–Crippen LogP) is 3.42. The lowest BCUT2D eigenvalue weighted by molar-refractivity contribution is -0.116. The third-order valence-electron chi connectivity index (χ3n) is 4.54. The van der Waals surface area contributed by atoms with Gasteiger partial charge in [-0.15, -0.1) is 0 Å². The molecule has 2 aromatic rings. The lowest BCUT2D eigenvalue weighted by Gasteiger charge is -2.24. The summed E-state index contributed by atoms with van der Waals surface area (Å²) >= 11 is 0. The molecule has 1 saturated carbocycles. The van der Waals surface area contributed by atoms with E-state index in [-0.39, 0.29) is 11.8 Å². The molecule has 1 amide bonds. The number of nitrogens with zero attached hydrogens (tertiary/aromatic N) is 2. The normalized spacial score (nSPS) is 21.6. The van der Waals surface area contributed by atoms with Crippen molar-refractivity contribution in [3.05, 3.63) is 41.0 Å². The summed E-state index contributed by atoms with van der Waals surface area (Å²) in [5.41, 5.74) is 3.50. The number of furan rings is 1. The maximum atomic E-state index is 12.1. The second-order valence-electron chi connectivity index (χ2n) is 6.25. The molecule has 2 aliphatic rings. The summed E-state index contributed by atoms with van der Waals surface area (Å²) in [4.78, 5) is 12.1. The first kappa shape index (κ1) is 13.4. The molecule has 0 saturated heterocycles. The Kier molecular flexibility index (Phi) is 2.96. The molecule has 5 nitrogen and oxygen atoms in total. The first-order chi connectivity index (χ1) is 10.6. The maximum absolute atomic E-state index is 12.1. The van der Waals surface area contributed by atoms with Crippen molar-refractivity contribution in [2.45, 2.75) is 38.0 Å². The summed E-state index contributed by atoms with van der Waals surface area (Å²) in [5, 5.41) is 7.66. The number of hydrogen-bond acceptors (Lipinski definition) is 3. The Morgan fingerprint density at radius 2 is 2.32 bits per heavy atom. The van der Waals surface area contributed by atoms with Gasteiger partial charge in [-0.05, 0) is 38.0 Å². The van der Waals surface area contributed by atoms with Crippen LogP contribution in [0.25, 0.3) is 6.08 Å². The summed E-state index contributed by atoms with van der Waals surface area (Å²) in [6, 6.07) is 3.80. The van der Waals surface area contributed by atoms with E-state index in [0.717, 1.165) is 22.8 Å². The number of rotatable bonds is 3. The van der Waals surface area contributed by atoms with Crippen LogP contribution in [0.1, 0.15) is 55.0 Å². The molecule has 2 aromatic heterocycles. The average molecular weight is 297 g/mol. The molecule has 0 radical (unpaired) electrons. The van der Waals surface area contributed by atoms with E-state index in [1.165, 1.54) is 18.4 Å². The van der Waals surface area contributed by atoms with E-state index in [0.29, 0.717) is 12.3 Å². The van der Waals surface area contributed by atoms with Gasteiger partial charge >= 0.3 is 0 Å². The molecular formula is C17H19N3O2. The molecule has 5 heteroatoms. The van der Waals surface area contributed by atoms with Crippen molar-refractivity contribution in [1.29, 1.82) is 0 Å². The highest BCUT2D eigenvalue weighted by Gasteiger charge is 2.38. The Morgan fingerprint density at radius 1 is 1.50 bits per heavy atom. The van der Waals surface area contributed by atoms with Crippen LogP contribution in [0.2, 0.25) is 0 Å². The Balaban J connectivity index is 1.79. The topological polar surface area (TPSA) is 60.1 Å². The van der Waals surface area contributed by atoms with Crippen molar-refractivity contribution in [3.8, 4) is 0 Å². The van der Waals surface area contributed by atoms with Crippen molar-refractivity contribution in [3.63, 3.8) is 0 Å². The van der Waals surface area contributed by atoms with Gasteiger partial charge in [0.25, 0.3) is 0 Å². The van der Waals surface area contributed by atoms with Gasteiger partial charge in [0.2, 0.25) is 5.91 Å². The predicted molar refractivity (Wildman–Crippen MR) is 83.5 cm³/mol. The smallest absolute Gasteiger partial charge is 0.226 e. The zero-order valence-corrected chi connectivity index (χ0v) is 12.8. The summed E-state index contributed by atoms with van der Waals surface area (Å²) in [7, 11) is 1.90. The van der Waals surface area contributed by atoms with Crippen LogP contribution in [0.4, 0.5) is 5.82 Å². The van der Waals surface area contributed by atoms with Gasteiger partial charge in [-0.1, -0.05) is 5.57 Å². The van der Waals surface area contributed by atoms with Crippen molar-refractivity contribution < 1.29 is 9.21 Å². The second kappa shape index (κ2) is 4.87. The highest BCUT2D eigenvalue weighted by atomic mass is 16.3. The Labute approximate surface area is 129 Å². The van der Waals surface area contributed by atoms with E-state index in [1.807, 2.05) is 29.9 Å². The third-order valence-corrected chi connectivity index (χ3v) is 4.54. The van der Waals surface area contributed by atoms with Crippen LogP contribution in [0.15, 0.2) is 28.4 Å². The molecule has 114 valence electrons. The zero-order chi connectivity index (χ0) is 15.3. The van der Waals surface area contributed by atoms with Crippen LogP contribution < -0.4 is 5.32 Å². The van der Waals surface area contributed by atoms with Crippen LogP contribution in [-0.4, -0.2) is 15.7 Å². The number of aryl methyl sites for hydroxylation is 1. The van der Waals surface area contributed by atoms with Crippen LogP contribution in [0.3, 0.4) is 0 Å². The van der Waals surface area contributed by atoms with E-state index in [4.69, 9.17) is 4.42 Å². The maximum Gasteiger partial charge on any atom is 0.226 e. The van der Waals surface area contributed by atoms with Gasteiger partial charge in [-0.25, -0.2) is 0 Å². The first-order valence-electron chi connectivity index (χ1n) is 7.72. The lowest BCUT2D eigenvalue weighted by atomic mass is 9.85. The first-order valence-corrected chi connectivity index (χ1v) is 7.72. The molecule has 4 rings (SSSR count). The summed E-state index contributed by atoms with van der Waals surface area (Å²) in [6.45, 7) is 2.07. The molecule has 3 heterocycles. The standard InChI is InChI=1S/C17H19N3O2/c1-10(8-12-4-3-7-22-12)13-9-14(21)18-17-15(13)16(11-5-6-11)19-20(17)2/h3-4,7-8,11,13H,5-6,9H2,1-2H3,(H,18,21)/b10-8+. The van der Waals surface area contributed by atoms with Crippen molar-refractivity contribution in [1.82, 2.24) is 9.78 Å². The number of aromatic nitrogens is 2. The minimum atomic E-state index is 0.0510. The third kappa shape index (κ3) is 2.17. The van der Waals surface area contributed by atoms with E-state index in [2.05, 4.69) is 17.3 Å². The summed E-state index contributed by atoms with van der Waals surface area (Å²) in [5.74, 6) is 2.37. The minimum absolute atomic E-state index is 0.0510. The minimum Gasteiger partial charge on any atom is -0.465 e. The molecule has 1 fully saturated rings. The molecule has 0 bridgehead atoms. The molecular weight excluding hydrogens is 278 g/mol. The van der Waals surface area contributed by atoms with Gasteiger partial charge in [-0.2, -0.15) is 5.10 Å². The molecule has 1 aliphatic carbocycles. The monoisotopic (exact) mass is 297 g/mol. The van der Waals surface area contributed by atoms with Gasteiger partial charge in [0.1, 0.15) is 11.6 Å². The number of carbonyl (C=O) groups excluding carboxylic acids is 1. The number of nitrogens with one attached hydrogen (secondary N) is 1. The largest absolute Gasteiger partial charge is 0.465 e. The van der Waals surface area contributed by atoms with Gasteiger partial charge < -0.3 is 9.73 Å². The SMILES string of the molecule is C/C(=C\c1ccco1)C1CC(=O)Nc2c1c(C1CC1)nn2C. The number of anilines is 1. The van der Waals surface area contributed by atoms with Crippen molar-refractivity contribution in [2.24, 2.45) is 7.05 Å². The molecule has 22 heavy (non-hydrogen) atoms. The summed E-state index contributed by atoms with van der Waals surface area (Å²) in [6.07, 6.45) is 6.56. The second-order valence-corrected chi connectivity index (χ2v) is 6.25. The molecule has 1 unspecified atom stereocenters. The fourth-order valence-electron chi connectivity index (χ4n) is 3.27. The quantitative estimate of drug-likeness (QED) is 0.944. The fraction of sp³-hybridized carbons (Fsp3) is 0.412. The highest BCUT2D eigenvalue weighted by Crippen LogP contribution is 2.48. The Morgan fingerprint density at radius 3 is 3.00 bits per heavy atom. The van der Waals surface area contributed by atoms with Gasteiger partial charge in [0.05, 0.1) is 12.0 Å². The van der Waals surface area contributed by atoms with Crippen LogP contribution in [0, 0.1) is 0 Å². The van der Waals surface area contributed by atoms with E-state index in [1.54, 1.807) is 6.26 Å².